The molecule has 0 atom stereocenters. The first kappa shape index (κ1) is 23.7. The van der Waals surface area contributed by atoms with E-state index in [1.807, 2.05) is 0 Å². The Morgan fingerprint density at radius 3 is 2.53 bits per heavy atom. The second-order valence-corrected chi connectivity index (χ2v) is 10.4. The van der Waals surface area contributed by atoms with Gasteiger partial charge in [-0.1, -0.05) is 18.2 Å². The van der Waals surface area contributed by atoms with Gasteiger partial charge < -0.3 is 4.74 Å². The van der Waals surface area contributed by atoms with Gasteiger partial charge in [-0.3, -0.25) is 4.68 Å². The normalized spacial score (nSPS) is 11.5. The fourth-order valence-corrected chi connectivity index (χ4v) is 5.49. The van der Waals surface area contributed by atoms with Crippen LogP contribution >= 0.6 is 15.9 Å². The Labute approximate surface area is 213 Å². The summed E-state index contributed by atoms with van der Waals surface area (Å²) in [4.78, 5) is 3.16. The van der Waals surface area contributed by atoms with Crippen molar-refractivity contribution in [2.75, 3.05) is 0 Å². The zero-order valence-corrected chi connectivity index (χ0v) is 20.7. The highest BCUT2D eigenvalue weighted by atomic mass is 79.9. The van der Waals surface area contributed by atoms with Crippen LogP contribution in [0, 0.1) is 18.2 Å². The summed E-state index contributed by atoms with van der Waals surface area (Å²) in [6.07, 6.45) is 4.59. The molecule has 0 amide bonds. The maximum atomic E-state index is 15.6. The quantitative estimate of drug-likeness (QED) is 0.219. The van der Waals surface area contributed by atoms with Gasteiger partial charge in [-0.05, 0) is 52.3 Å². The minimum Gasteiger partial charge on any atom is -0.455 e. The SMILES string of the molecule is [C-]#[N+]c1cc(Oc2c(F)cc3c(ccn3S(=O)(=O)c3ccccc3)c2Cn2cc(Br)cn2)ccc1F. The summed E-state index contributed by atoms with van der Waals surface area (Å²) in [6, 6.07) is 14.0. The van der Waals surface area contributed by atoms with Gasteiger partial charge in [0.15, 0.2) is 11.6 Å². The molecule has 5 rings (SSSR count). The molecule has 5 aromatic rings. The molecule has 0 radical (unpaired) electrons. The molecule has 0 aliphatic heterocycles. The van der Waals surface area contributed by atoms with Crippen LogP contribution in [-0.2, 0) is 16.6 Å². The van der Waals surface area contributed by atoms with E-state index in [0.717, 1.165) is 16.1 Å². The van der Waals surface area contributed by atoms with Gasteiger partial charge in [-0.15, -0.1) is 0 Å². The fraction of sp³-hybridized carbons (Fsp3) is 0.0400. The van der Waals surface area contributed by atoms with Crippen LogP contribution in [-0.4, -0.2) is 22.2 Å². The van der Waals surface area contributed by atoms with Gasteiger partial charge in [0.1, 0.15) is 11.6 Å². The number of fused-ring (bicyclic) bond motifs is 1. The molecular weight excluding hydrogens is 554 g/mol. The first-order chi connectivity index (χ1) is 17.3. The van der Waals surface area contributed by atoms with Crippen LogP contribution in [0.15, 0.2) is 88.6 Å². The third-order valence-electron chi connectivity index (χ3n) is 5.45. The number of aromatic nitrogens is 3. The fourth-order valence-electron chi connectivity index (χ4n) is 3.80. The summed E-state index contributed by atoms with van der Waals surface area (Å²) < 4.78 is 65.0. The molecule has 2 aromatic heterocycles. The second-order valence-electron chi connectivity index (χ2n) is 7.71. The Bertz CT molecular complexity index is 1760. The topological polar surface area (TPSA) is 70.5 Å². The predicted molar refractivity (Wildman–Crippen MR) is 133 cm³/mol. The lowest BCUT2D eigenvalue weighted by Gasteiger charge is -2.15. The van der Waals surface area contributed by atoms with Crippen molar-refractivity contribution in [3.05, 3.63) is 112 Å². The van der Waals surface area contributed by atoms with Crippen molar-refractivity contribution >= 4 is 42.5 Å². The lowest BCUT2D eigenvalue weighted by Crippen LogP contribution is -2.12. The number of rotatable bonds is 6. The van der Waals surface area contributed by atoms with Gasteiger partial charge in [0.2, 0.25) is 5.69 Å². The average Bonchev–Trinajstić information content (AvgIpc) is 3.48. The number of hydrogen-bond donors (Lipinski definition) is 0. The van der Waals surface area contributed by atoms with Crippen molar-refractivity contribution in [1.29, 1.82) is 0 Å². The highest BCUT2D eigenvalue weighted by molar-refractivity contribution is 9.10. The lowest BCUT2D eigenvalue weighted by atomic mass is 10.1. The Hall–Kier alpha value is -4.01. The molecule has 0 spiro atoms. The smallest absolute Gasteiger partial charge is 0.268 e. The van der Waals surface area contributed by atoms with Crippen LogP contribution in [0.2, 0.25) is 0 Å². The lowest BCUT2D eigenvalue weighted by molar-refractivity contribution is 0.434. The van der Waals surface area contributed by atoms with Crippen LogP contribution in [0.5, 0.6) is 11.5 Å². The highest BCUT2D eigenvalue weighted by Gasteiger charge is 2.24. The zero-order valence-electron chi connectivity index (χ0n) is 18.3. The van der Waals surface area contributed by atoms with Crippen LogP contribution in [0.25, 0.3) is 15.7 Å². The summed E-state index contributed by atoms with van der Waals surface area (Å²) in [5.41, 5.74) is 0.161. The van der Waals surface area contributed by atoms with Gasteiger partial charge in [-0.25, -0.2) is 26.0 Å². The Morgan fingerprint density at radius 2 is 1.83 bits per heavy atom. The van der Waals surface area contributed by atoms with E-state index in [0.29, 0.717) is 15.4 Å². The van der Waals surface area contributed by atoms with Gasteiger partial charge in [0.05, 0.1) is 34.2 Å². The van der Waals surface area contributed by atoms with Crippen LogP contribution in [0.1, 0.15) is 5.56 Å². The van der Waals surface area contributed by atoms with Crippen LogP contribution in [0.4, 0.5) is 14.5 Å². The molecule has 0 bridgehead atoms. The van der Waals surface area contributed by atoms with Gasteiger partial charge >= 0.3 is 0 Å². The van der Waals surface area contributed by atoms with Crippen molar-refractivity contribution < 1.29 is 21.9 Å². The first-order valence-electron chi connectivity index (χ1n) is 10.4. The van der Waals surface area contributed by atoms with E-state index >= 15 is 4.39 Å². The van der Waals surface area contributed by atoms with E-state index in [1.54, 1.807) is 36.7 Å². The number of nitrogens with zero attached hydrogens (tertiary/aromatic N) is 4. The largest absolute Gasteiger partial charge is 0.455 e. The molecule has 0 saturated heterocycles. The summed E-state index contributed by atoms with van der Waals surface area (Å²) in [6.45, 7) is 7.16. The van der Waals surface area contributed by atoms with E-state index < -0.39 is 21.7 Å². The van der Waals surface area contributed by atoms with Gasteiger partial charge in [-0.2, -0.15) is 5.10 Å². The summed E-state index contributed by atoms with van der Waals surface area (Å²) in [7, 11) is -4.01. The molecule has 7 nitrogen and oxygen atoms in total. The molecule has 36 heavy (non-hydrogen) atoms. The first-order valence-corrected chi connectivity index (χ1v) is 12.7. The third-order valence-corrected chi connectivity index (χ3v) is 7.56. The van der Waals surface area contributed by atoms with E-state index in [2.05, 4.69) is 25.9 Å². The van der Waals surface area contributed by atoms with Crippen molar-refractivity contribution in [2.24, 2.45) is 0 Å². The maximum Gasteiger partial charge on any atom is 0.268 e. The molecule has 11 heteroatoms. The number of hydrogen-bond acceptors (Lipinski definition) is 4. The highest BCUT2D eigenvalue weighted by Crippen LogP contribution is 2.38. The van der Waals surface area contributed by atoms with Crippen molar-refractivity contribution in [3.63, 3.8) is 0 Å². The summed E-state index contributed by atoms with van der Waals surface area (Å²) in [5.74, 6) is -1.69. The molecular formula is C25H15BrF2N4O3S. The Kier molecular flexibility index (Phi) is 6.07. The zero-order chi connectivity index (χ0) is 25.4. The maximum absolute atomic E-state index is 15.6. The predicted octanol–water partition coefficient (Wildman–Crippen LogP) is 6.51. The summed E-state index contributed by atoms with van der Waals surface area (Å²) in [5, 5.41) is 4.64. The Balaban J connectivity index is 1.70. The second kappa shape index (κ2) is 9.22. The minimum absolute atomic E-state index is 0.0431. The van der Waals surface area contributed by atoms with E-state index in [-0.39, 0.29) is 34.1 Å². The molecule has 0 unspecified atom stereocenters. The number of ether oxygens (including phenoxy) is 1. The van der Waals surface area contributed by atoms with E-state index in [4.69, 9.17) is 11.3 Å². The van der Waals surface area contributed by atoms with Gasteiger partial charge in [0.25, 0.3) is 10.0 Å². The average molecular weight is 569 g/mol. The molecule has 2 heterocycles. The van der Waals surface area contributed by atoms with Gasteiger partial charge in [0, 0.05) is 29.4 Å². The van der Waals surface area contributed by atoms with Crippen LogP contribution in [0.3, 0.4) is 0 Å². The summed E-state index contributed by atoms with van der Waals surface area (Å²) >= 11 is 3.32. The monoisotopic (exact) mass is 568 g/mol. The third kappa shape index (κ3) is 4.25. The van der Waals surface area contributed by atoms with Crippen LogP contribution < -0.4 is 4.74 Å². The Morgan fingerprint density at radius 1 is 1.06 bits per heavy atom. The number of halogens is 3. The standard InChI is InChI=1S/C25H15BrF2N4O3S/c1-29-23-11-17(7-8-21(23)27)35-25-20(15-31-14-16(26)13-30-31)19-9-10-32(24(19)12-22(25)28)36(33,34)18-5-3-2-4-6-18/h2-14H,15H2. The molecule has 0 fully saturated rings. The van der Waals surface area contributed by atoms with Crippen molar-refractivity contribution in [3.8, 4) is 11.5 Å². The molecule has 0 saturated carbocycles. The molecule has 0 aliphatic rings. The number of benzene rings is 3. The van der Waals surface area contributed by atoms with Crippen molar-refractivity contribution in [1.82, 2.24) is 13.8 Å². The molecule has 180 valence electrons. The van der Waals surface area contributed by atoms with E-state index in [9.17, 15) is 12.8 Å². The molecule has 0 N–H and O–H groups in total. The van der Waals surface area contributed by atoms with Crippen molar-refractivity contribution in [2.45, 2.75) is 11.4 Å². The minimum atomic E-state index is -4.01. The molecule has 3 aromatic carbocycles. The van der Waals surface area contributed by atoms with E-state index in [1.165, 1.54) is 35.1 Å². The molecule has 0 aliphatic carbocycles.